The van der Waals surface area contributed by atoms with E-state index in [4.69, 9.17) is 9.97 Å². The normalized spacial score (nSPS) is 11.8. The average Bonchev–Trinajstić information content (AvgIpc) is 4.00. The third-order valence-corrected chi connectivity index (χ3v) is 12.6. The highest BCUT2D eigenvalue weighted by Crippen LogP contribution is 2.44. The first-order valence-electron chi connectivity index (χ1n) is 21.4. The smallest absolute Gasteiger partial charge is 0.160 e. The van der Waals surface area contributed by atoms with Crippen molar-refractivity contribution in [3.63, 3.8) is 0 Å². The predicted molar refractivity (Wildman–Crippen MR) is 261 cm³/mol. The quantitative estimate of drug-likeness (QED) is 0.168. The second-order valence-electron chi connectivity index (χ2n) is 16.2. The molecule has 0 spiro atoms. The zero-order chi connectivity index (χ0) is 41.4. The minimum absolute atomic E-state index is 0.700. The van der Waals surface area contributed by atoms with E-state index in [0.29, 0.717) is 5.82 Å². The molecule has 0 fully saturated rings. The number of hydrogen-bond donors (Lipinski definition) is 0. The Bertz CT molecular complexity index is 3820. The molecule has 0 saturated heterocycles. The summed E-state index contributed by atoms with van der Waals surface area (Å²) in [4.78, 5) is 10.3. The van der Waals surface area contributed by atoms with Crippen LogP contribution >= 0.6 is 0 Å². The number of rotatable bonds is 6. The van der Waals surface area contributed by atoms with Crippen molar-refractivity contribution < 1.29 is 0 Å². The fourth-order valence-corrected chi connectivity index (χ4v) is 9.86. The van der Waals surface area contributed by atoms with Gasteiger partial charge in [-0.15, -0.1) is 0 Å². The topological polar surface area (TPSA) is 40.6 Å². The highest BCUT2D eigenvalue weighted by Gasteiger charge is 2.23. The van der Waals surface area contributed by atoms with Crippen LogP contribution < -0.4 is 0 Å². The van der Waals surface area contributed by atoms with Gasteiger partial charge in [-0.1, -0.05) is 152 Å². The van der Waals surface area contributed by atoms with Gasteiger partial charge in [0, 0.05) is 66.1 Å². The van der Waals surface area contributed by atoms with Crippen LogP contribution in [0.2, 0.25) is 0 Å². The molecule has 0 aliphatic rings. The van der Waals surface area contributed by atoms with Crippen molar-refractivity contribution >= 4 is 65.4 Å². The average molecular weight is 804 g/mol. The molecule has 0 aliphatic heterocycles. The largest absolute Gasteiger partial charge is 0.309 e. The molecule has 9 aromatic carbocycles. The van der Waals surface area contributed by atoms with E-state index in [-0.39, 0.29) is 0 Å². The van der Waals surface area contributed by atoms with Gasteiger partial charge in [0.1, 0.15) is 0 Å². The van der Waals surface area contributed by atoms with E-state index in [1.54, 1.807) is 0 Å². The molecule has 5 heteroatoms. The van der Waals surface area contributed by atoms with Crippen molar-refractivity contribution in [1.29, 1.82) is 0 Å². The van der Waals surface area contributed by atoms with Gasteiger partial charge in [-0.05, 0) is 72.8 Å². The van der Waals surface area contributed by atoms with Gasteiger partial charge < -0.3 is 13.7 Å². The zero-order valence-corrected chi connectivity index (χ0v) is 34.1. The molecule has 0 amide bonds. The first-order valence-corrected chi connectivity index (χ1v) is 21.4. The van der Waals surface area contributed by atoms with E-state index in [2.05, 4.69) is 214 Å². The number of benzene rings is 9. The lowest BCUT2D eigenvalue weighted by molar-refractivity contribution is 1.16. The van der Waals surface area contributed by atoms with Crippen LogP contribution in [0.5, 0.6) is 0 Å². The van der Waals surface area contributed by atoms with Gasteiger partial charge in [-0.3, -0.25) is 0 Å². The number of hydrogen-bond acceptors (Lipinski definition) is 2. The maximum atomic E-state index is 5.24. The summed E-state index contributed by atoms with van der Waals surface area (Å²) in [7, 11) is 0. The summed E-state index contributed by atoms with van der Waals surface area (Å²) in [6.45, 7) is 0. The first kappa shape index (κ1) is 35.2. The molecule has 0 radical (unpaired) electrons. The molecule has 5 nitrogen and oxygen atoms in total. The molecule has 63 heavy (non-hydrogen) atoms. The molecule has 13 rings (SSSR count). The number of fused-ring (bicyclic) bond motifs is 10. The van der Waals surface area contributed by atoms with Gasteiger partial charge in [0.05, 0.1) is 44.5 Å². The van der Waals surface area contributed by atoms with Crippen molar-refractivity contribution in [3.8, 4) is 51.0 Å². The Hall–Kier alpha value is -8.54. The summed E-state index contributed by atoms with van der Waals surface area (Å²) in [5.41, 5.74) is 15.2. The Labute approximate surface area is 363 Å². The van der Waals surface area contributed by atoms with Gasteiger partial charge in [0.15, 0.2) is 5.82 Å². The third-order valence-electron chi connectivity index (χ3n) is 12.6. The Kier molecular flexibility index (Phi) is 7.84. The summed E-state index contributed by atoms with van der Waals surface area (Å²) in [5, 5.41) is 7.27. The Morgan fingerprint density at radius 3 is 1.46 bits per heavy atom. The van der Waals surface area contributed by atoms with Gasteiger partial charge in [-0.25, -0.2) is 9.97 Å². The molecular formula is C58H37N5. The number of para-hydroxylation sites is 4. The summed E-state index contributed by atoms with van der Waals surface area (Å²) in [5.74, 6) is 0.700. The Morgan fingerprint density at radius 1 is 0.270 bits per heavy atom. The standard InChI is InChI=1S/C58H37N5/c1-5-17-38(18-6-1)49-37-50(60-58(59-49)39-19-7-2-8-20-39)40-29-31-47-55(35-40)62(42-23-11-4-12-24-42)54-34-32-46-44-25-13-16-28-52(44)63(57(46)56(47)54)43-30-33-53-48(36-43)45-26-14-15-27-51(45)61(53)41-21-9-3-10-22-41/h1-37H. The lowest BCUT2D eigenvalue weighted by atomic mass is 10.0. The molecule has 13 aromatic rings. The van der Waals surface area contributed by atoms with Crippen molar-refractivity contribution in [2.24, 2.45) is 0 Å². The molecule has 0 bridgehead atoms. The maximum absolute atomic E-state index is 5.24. The van der Waals surface area contributed by atoms with Crippen molar-refractivity contribution in [2.75, 3.05) is 0 Å². The molecule has 0 atom stereocenters. The molecular weight excluding hydrogens is 767 g/mol. The lowest BCUT2D eigenvalue weighted by Crippen LogP contribution is -1.97. The summed E-state index contributed by atoms with van der Waals surface area (Å²) < 4.78 is 7.29. The highest BCUT2D eigenvalue weighted by molar-refractivity contribution is 6.26. The van der Waals surface area contributed by atoms with Gasteiger partial charge in [0.25, 0.3) is 0 Å². The first-order chi connectivity index (χ1) is 31.3. The summed E-state index contributed by atoms with van der Waals surface area (Å²) >= 11 is 0. The summed E-state index contributed by atoms with van der Waals surface area (Å²) in [6.07, 6.45) is 0. The number of nitrogens with zero attached hydrogens (tertiary/aromatic N) is 5. The monoisotopic (exact) mass is 803 g/mol. The second kappa shape index (κ2) is 14.0. The second-order valence-corrected chi connectivity index (χ2v) is 16.2. The molecule has 4 heterocycles. The van der Waals surface area contributed by atoms with Crippen LogP contribution in [0.1, 0.15) is 0 Å². The third kappa shape index (κ3) is 5.50. The van der Waals surface area contributed by atoms with Crippen LogP contribution in [0.25, 0.3) is 116 Å². The fraction of sp³-hybridized carbons (Fsp3) is 0. The minimum Gasteiger partial charge on any atom is -0.309 e. The predicted octanol–water partition coefficient (Wildman–Crippen LogP) is 14.8. The van der Waals surface area contributed by atoms with Crippen LogP contribution in [0.3, 0.4) is 0 Å². The Balaban J connectivity index is 1.10. The van der Waals surface area contributed by atoms with Crippen molar-refractivity contribution in [2.45, 2.75) is 0 Å². The van der Waals surface area contributed by atoms with Gasteiger partial charge in [0.2, 0.25) is 0 Å². The van der Waals surface area contributed by atoms with Crippen LogP contribution in [-0.2, 0) is 0 Å². The Morgan fingerprint density at radius 2 is 0.778 bits per heavy atom. The molecule has 4 aromatic heterocycles. The van der Waals surface area contributed by atoms with E-state index in [1.807, 2.05) is 24.3 Å². The molecule has 0 aliphatic carbocycles. The van der Waals surface area contributed by atoms with Gasteiger partial charge in [-0.2, -0.15) is 0 Å². The number of aromatic nitrogens is 5. The van der Waals surface area contributed by atoms with E-state index in [9.17, 15) is 0 Å². The fourth-order valence-electron chi connectivity index (χ4n) is 9.86. The van der Waals surface area contributed by atoms with Crippen LogP contribution in [0, 0.1) is 0 Å². The zero-order valence-electron chi connectivity index (χ0n) is 34.1. The minimum atomic E-state index is 0.700. The van der Waals surface area contributed by atoms with E-state index in [0.717, 1.165) is 56.2 Å². The molecule has 0 N–H and O–H groups in total. The lowest BCUT2D eigenvalue weighted by Gasteiger charge is -2.11. The van der Waals surface area contributed by atoms with Crippen molar-refractivity contribution in [3.05, 3.63) is 224 Å². The maximum Gasteiger partial charge on any atom is 0.160 e. The van der Waals surface area contributed by atoms with Crippen LogP contribution in [0.15, 0.2) is 224 Å². The van der Waals surface area contributed by atoms with Crippen molar-refractivity contribution in [1.82, 2.24) is 23.7 Å². The molecule has 294 valence electrons. The summed E-state index contributed by atoms with van der Waals surface area (Å²) in [6, 6.07) is 80.2. The van der Waals surface area contributed by atoms with Gasteiger partial charge >= 0.3 is 0 Å². The highest BCUT2D eigenvalue weighted by atomic mass is 15.0. The van der Waals surface area contributed by atoms with Crippen LogP contribution in [-0.4, -0.2) is 23.7 Å². The van der Waals surface area contributed by atoms with E-state index < -0.39 is 0 Å². The van der Waals surface area contributed by atoms with E-state index in [1.165, 1.54) is 54.4 Å². The molecule has 0 saturated carbocycles. The van der Waals surface area contributed by atoms with Crippen LogP contribution in [0.4, 0.5) is 0 Å². The van der Waals surface area contributed by atoms with E-state index >= 15 is 0 Å². The SMILES string of the molecule is c1ccc(-c2cc(-c3ccc4c5c(ccc6c7ccccc7n(-c7ccc8c(c7)c7ccccc7n8-c7ccccc7)c65)n(-c5ccccc5)c4c3)nc(-c3ccccc3)n2)cc1. The molecule has 0 unspecified atom stereocenters.